The van der Waals surface area contributed by atoms with Gasteiger partial charge in [0.25, 0.3) is 0 Å². The van der Waals surface area contributed by atoms with E-state index in [1.165, 1.54) is 18.3 Å². The molecule has 0 aliphatic heterocycles. The lowest BCUT2D eigenvalue weighted by atomic mass is 10.0. The summed E-state index contributed by atoms with van der Waals surface area (Å²) in [6, 6.07) is 11.3. The molecule has 3 rings (SSSR count). The Morgan fingerprint density at radius 3 is 2.71 bits per heavy atom. The molecule has 0 fully saturated rings. The zero-order chi connectivity index (χ0) is 15.0. The average molecular weight is 343 g/mol. The van der Waals surface area contributed by atoms with Crippen LogP contribution in [-0.2, 0) is 0 Å². The number of carbonyl (C=O) groups is 1. The van der Waals surface area contributed by atoms with Crippen LogP contribution in [0.3, 0.4) is 0 Å². The minimum atomic E-state index is -0.572. The molecule has 0 amide bonds. The van der Waals surface area contributed by atoms with Crippen LogP contribution < -0.4 is 0 Å². The van der Waals surface area contributed by atoms with Gasteiger partial charge in [0.2, 0.25) is 0 Å². The molecule has 1 N–H and O–H groups in total. The second kappa shape index (κ2) is 5.15. The van der Waals surface area contributed by atoms with Crippen LogP contribution in [0.1, 0.15) is 21.5 Å². The molecule has 1 aromatic heterocycles. The van der Waals surface area contributed by atoms with Gasteiger partial charge in [-0.3, -0.25) is 4.79 Å². The first-order valence-electron chi connectivity index (χ1n) is 6.11. The van der Waals surface area contributed by atoms with Gasteiger partial charge in [-0.05, 0) is 30.3 Å². The SMILES string of the molecule is N#Cc1ccc2c(C(=O)c3ccc(Br)cc3F)c[nH]c2c1. The predicted molar refractivity (Wildman–Crippen MR) is 80.5 cm³/mol. The maximum absolute atomic E-state index is 13.9. The fourth-order valence-corrected chi connectivity index (χ4v) is 2.54. The Bertz CT molecular complexity index is 908. The van der Waals surface area contributed by atoms with Crippen LogP contribution in [-0.4, -0.2) is 10.8 Å². The van der Waals surface area contributed by atoms with Gasteiger partial charge in [-0.1, -0.05) is 22.0 Å². The van der Waals surface area contributed by atoms with Crippen molar-refractivity contribution in [2.24, 2.45) is 0 Å². The molecule has 0 saturated heterocycles. The number of H-pyrrole nitrogens is 1. The minimum absolute atomic E-state index is 0.0171. The fraction of sp³-hybridized carbons (Fsp3) is 0. The summed E-state index contributed by atoms with van der Waals surface area (Å²) in [5.41, 5.74) is 1.58. The Labute approximate surface area is 128 Å². The second-order valence-corrected chi connectivity index (χ2v) is 5.44. The molecule has 102 valence electrons. The summed E-state index contributed by atoms with van der Waals surface area (Å²) < 4.78 is 14.5. The van der Waals surface area contributed by atoms with E-state index in [2.05, 4.69) is 20.9 Å². The third kappa shape index (κ3) is 2.34. The molecular formula is C16H8BrFN2O. The van der Waals surface area contributed by atoms with Gasteiger partial charge < -0.3 is 4.98 Å². The van der Waals surface area contributed by atoms with Crippen LogP contribution in [0.5, 0.6) is 0 Å². The summed E-state index contributed by atoms with van der Waals surface area (Å²) in [6.45, 7) is 0. The molecule has 0 aliphatic carbocycles. The first-order valence-corrected chi connectivity index (χ1v) is 6.90. The van der Waals surface area contributed by atoms with Gasteiger partial charge in [0.05, 0.1) is 17.2 Å². The number of nitrogens with one attached hydrogen (secondary N) is 1. The second-order valence-electron chi connectivity index (χ2n) is 4.53. The number of benzene rings is 2. The van der Waals surface area contributed by atoms with Gasteiger partial charge in [-0.15, -0.1) is 0 Å². The van der Waals surface area contributed by atoms with Crippen molar-refractivity contribution in [1.82, 2.24) is 4.98 Å². The van der Waals surface area contributed by atoms with Crippen molar-refractivity contribution in [3.8, 4) is 6.07 Å². The van der Waals surface area contributed by atoms with E-state index >= 15 is 0 Å². The highest BCUT2D eigenvalue weighted by Gasteiger charge is 2.18. The smallest absolute Gasteiger partial charge is 0.198 e. The lowest BCUT2D eigenvalue weighted by Gasteiger charge is -2.02. The van der Waals surface area contributed by atoms with E-state index in [1.54, 1.807) is 24.3 Å². The Morgan fingerprint density at radius 1 is 1.19 bits per heavy atom. The molecule has 0 aliphatic rings. The zero-order valence-electron chi connectivity index (χ0n) is 10.7. The van der Waals surface area contributed by atoms with Crippen molar-refractivity contribution >= 4 is 32.6 Å². The van der Waals surface area contributed by atoms with Gasteiger partial charge >= 0.3 is 0 Å². The number of hydrogen-bond acceptors (Lipinski definition) is 2. The van der Waals surface area contributed by atoms with Crippen molar-refractivity contribution in [3.63, 3.8) is 0 Å². The van der Waals surface area contributed by atoms with Crippen LogP contribution >= 0.6 is 15.9 Å². The fourth-order valence-electron chi connectivity index (χ4n) is 2.20. The molecule has 5 heteroatoms. The Kier molecular flexibility index (Phi) is 3.32. The normalized spacial score (nSPS) is 10.5. The minimum Gasteiger partial charge on any atom is -0.360 e. The van der Waals surface area contributed by atoms with Crippen molar-refractivity contribution in [1.29, 1.82) is 5.26 Å². The molecule has 0 saturated carbocycles. The van der Waals surface area contributed by atoms with E-state index in [1.807, 2.05) is 6.07 Å². The summed E-state index contributed by atoms with van der Waals surface area (Å²) in [5.74, 6) is -0.965. The van der Waals surface area contributed by atoms with E-state index in [4.69, 9.17) is 5.26 Å². The van der Waals surface area contributed by atoms with Gasteiger partial charge in [-0.25, -0.2) is 4.39 Å². The van der Waals surface area contributed by atoms with E-state index in [9.17, 15) is 9.18 Å². The number of hydrogen-bond donors (Lipinski definition) is 1. The van der Waals surface area contributed by atoms with E-state index in [-0.39, 0.29) is 5.56 Å². The van der Waals surface area contributed by atoms with Crippen LogP contribution in [0.15, 0.2) is 47.1 Å². The largest absolute Gasteiger partial charge is 0.360 e. The molecule has 0 radical (unpaired) electrons. The number of nitrogens with zero attached hydrogens (tertiary/aromatic N) is 1. The van der Waals surface area contributed by atoms with Crippen LogP contribution in [0, 0.1) is 17.1 Å². The van der Waals surface area contributed by atoms with Gasteiger partial charge in [-0.2, -0.15) is 5.26 Å². The highest BCUT2D eigenvalue weighted by atomic mass is 79.9. The van der Waals surface area contributed by atoms with Crippen LogP contribution in [0.4, 0.5) is 4.39 Å². The summed E-state index contributed by atoms with van der Waals surface area (Å²) in [5, 5.41) is 9.54. The molecule has 0 unspecified atom stereocenters. The topological polar surface area (TPSA) is 56.6 Å². The number of carbonyl (C=O) groups excluding carboxylic acids is 1. The average Bonchev–Trinajstić information content (AvgIpc) is 2.89. The van der Waals surface area contributed by atoms with Crippen molar-refractivity contribution in [2.75, 3.05) is 0 Å². The molecule has 3 aromatic rings. The van der Waals surface area contributed by atoms with Gasteiger partial charge in [0.15, 0.2) is 5.78 Å². The molecule has 3 nitrogen and oxygen atoms in total. The predicted octanol–water partition coefficient (Wildman–Crippen LogP) is 4.17. The highest BCUT2D eigenvalue weighted by Crippen LogP contribution is 2.24. The Hall–Kier alpha value is -2.45. The first-order chi connectivity index (χ1) is 10.1. The summed E-state index contributed by atoms with van der Waals surface area (Å²) in [4.78, 5) is 15.4. The molecule has 0 atom stereocenters. The van der Waals surface area contributed by atoms with Crippen molar-refractivity contribution in [3.05, 3.63) is 69.6 Å². The lowest BCUT2D eigenvalue weighted by molar-refractivity contribution is 0.103. The van der Waals surface area contributed by atoms with E-state index in [0.717, 1.165) is 0 Å². The monoisotopic (exact) mass is 342 g/mol. The van der Waals surface area contributed by atoms with Crippen LogP contribution in [0.25, 0.3) is 10.9 Å². The molecular weight excluding hydrogens is 335 g/mol. The Morgan fingerprint density at radius 2 is 2.00 bits per heavy atom. The quantitative estimate of drug-likeness (QED) is 0.710. The number of halogens is 2. The van der Waals surface area contributed by atoms with Crippen molar-refractivity contribution < 1.29 is 9.18 Å². The maximum atomic E-state index is 13.9. The standard InChI is InChI=1S/C16H8BrFN2O/c17-10-2-4-12(14(18)6-10)16(21)13-8-20-15-5-9(7-19)1-3-11(13)15/h1-6,8,20H. The number of fused-ring (bicyclic) bond motifs is 1. The molecule has 0 bridgehead atoms. The summed E-state index contributed by atoms with van der Waals surface area (Å²) in [6.07, 6.45) is 1.54. The number of ketones is 1. The molecule has 1 heterocycles. The van der Waals surface area contributed by atoms with Crippen LogP contribution in [0.2, 0.25) is 0 Å². The van der Waals surface area contributed by atoms with Crippen molar-refractivity contribution in [2.45, 2.75) is 0 Å². The lowest BCUT2D eigenvalue weighted by Crippen LogP contribution is -2.03. The molecule has 0 spiro atoms. The summed E-state index contributed by atoms with van der Waals surface area (Å²) in [7, 11) is 0. The number of rotatable bonds is 2. The molecule has 2 aromatic carbocycles. The third-order valence-electron chi connectivity index (χ3n) is 3.23. The summed E-state index contributed by atoms with van der Waals surface area (Å²) >= 11 is 3.16. The number of aromatic nitrogens is 1. The first kappa shape index (κ1) is 13.5. The van der Waals surface area contributed by atoms with Gasteiger partial charge in [0, 0.05) is 27.1 Å². The zero-order valence-corrected chi connectivity index (χ0v) is 12.2. The number of nitriles is 1. The number of aromatic amines is 1. The van der Waals surface area contributed by atoms with E-state index in [0.29, 0.717) is 26.5 Å². The third-order valence-corrected chi connectivity index (χ3v) is 3.72. The Balaban J connectivity index is 2.12. The van der Waals surface area contributed by atoms with Gasteiger partial charge in [0.1, 0.15) is 5.82 Å². The maximum Gasteiger partial charge on any atom is 0.198 e. The highest BCUT2D eigenvalue weighted by molar-refractivity contribution is 9.10. The molecule has 21 heavy (non-hydrogen) atoms. The van der Waals surface area contributed by atoms with E-state index < -0.39 is 11.6 Å².